The van der Waals surface area contributed by atoms with Gasteiger partial charge in [-0.15, -0.1) is 11.8 Å². The van der Waals surface area contributed by atoms with Crippen molar-refractivity contribution in [1.82, 2.24) is 4.90 Å². The summed E-state index contributed by atoms with van der Waals surface area (Å²) in [6.45, 7) is 0. The molecule has 2 N–H and O–H groups in total. The third kappa shape index (κ3) is 4.24. The lowest BCUT2D eigenvalue weighted by molar-refractivity contribution is -0.115. The largest absolute Gasteiger partial charge is 0.369 e. The van der Waals surface area contributed by atoms with E-state index in [1.54, 1.807) is 0 Å². The van der Waals surface area contributed by atoms with Gasteiger partial charge in [-0.3, -0.25) is 9.59 Å². The third-order valence-corrected chi connectivity index (χ3v) is 5.03. The average molecular weight is 306 g/mol. The number of carbonyl (C=O) groups excluding carboxylic acids is 2. The highest BCUT2D eigenvalue weighted by atomic mass is 32.2. The molecule has 0 radical (unpaired) electrons. The first-order valence-electron chi connectivity index (χ1n) is 7.37. The third-order valence-electron chi connectivity index (χ3n) is 3.93. The summed E-state index contributed by atoms with van der Waals surface area (Å²) < 4.78 is 0. The second kappa shape index (κ2) is 7.50. The number of nitrogens with zero attached hydrogens (tertiary/aromatic N) is 1. The molecule has 0 atom stereocenters. The van der Waals surface area contributed by atoms with Crippen LogP contribution < -0.4 is 5.73 Å². The summed E-state index contributed by atoms with van der Waals surface area (Å²) >= 11 is 1.33. The molecule has 0 aliphatic heterocycles. The van der Waals surface area contributed by atoms with Gasteiger partial charge in [0.25, 0.3) is 5.91 Å². The van der Waals surface area contributed by atoms with Crippen molar-refractivity contribution in [1.29, 1.82) is 0 Å². The second-order valence-corrected chi connectivity index (χ2v) is 6.48. The Morgan fingerprint density at radius 3 is 2.57 bits per heavy atom. The Bertz CT molecular complexity index is 513. The van der Waals surface area contributed by atoms with E-state index in [4.69, 9.17) is 5.73 Å². The minimum Gasteiger partial charge on any atom is -0.369 e. The molecule has 1 aromatic rings. The van der Waals surface area contributed by atoms with Crippen LogP contribution in [0.4, 0.5) is 0 Å². The Morgan fingerprint density at radius 1 is 1.24 bits per heavy atom. The van der Waals surface area contributed by atoms with Crippen LogP contribution in [0.5, 0.6) is 0 Å². The number of hydrogen-bond donors (Lipinski definition) is 1. The first-order chi connectivity index (χ1) is 10.1. The van der Waals surface area contributed by atoms with Crippen LogP contribution in [-0.2, 0) is 4.79 Å². The lowest BCUT2D eigenvalue weighted by Gasteiger charge is -2.31. The summed E-state index contributed by atoms with van der Waals surface area (Å²) in [5.41, 5.74) is 5.85. The van der Waals surface area contributed by atoms with Crippen LogP contribution in [0.3, 0.4) is 0 Å². The number of carbonyl (C=O) groups is 2. The van der Waals surface area contributed by atoms with Crippen molar-refractivity contribution in [3.8, 4) is 0 Å². The van der Waals surface area contributed by atoms with Gasteiger partial charge in [0.05, 0.1) is 11.3 Å². The van der Waals surface area contributed by atoms with Crippen molar-refractivity contribution in [2.75, 3.05) is 12.8 Å². The fourth-order valence-electron chi connectivity index (χ4n) is 2.74. The molecule has 1 fully saturated rings. The normalized spacial score (nSPS) is 15.7. The summed E-state index contributed by atoms with van der Waals surface area (Å²) in [7, 11) is 1.88. The number of primary amides is 1. The number of rotatable bonds is 5. The molecule has 1 saturated carbocycles. The van der Waals surface area contributed by atoms with Crippen molar-refractivity contribution in [3.05, 3.63) is 29.8 Å². The Morgan fingerprint density at radius 2 is 1.90 bits per heavy atom. The highest BCUT2D eigenvalue weighted by Gasteiger charge is 2.24. The van der Waals surface area contributed by atoms with E-state index in [2.05, 4.69) is 0 Å². The second-order valence-electron chi connectivity index (χ2n) is 5.46. The monoisotopic (exact) mass is 306 g/mol. The first kappa shape index (κ1) is 15.9. The molecule has 5 heteroatoms. The molecule has 114 valence electrons. The predicted molar refractivity (Wildman–Crippen MR) is 85.3 cm³/mol. The van der Waals surface area contributed by atoms with Gasteiger partial charge in [-0.1, -0.05) is 31.4 Å². The summed E-state index contributed by atoms with van der Waals surface area (Å²) in [6, 6.07) is 7.76. The zero-order valence-electron chi connectivity index (χ0n) is 12.4. The van der Waals surface area contributed by atoms with Crippen molar-refractivity contribution in [2.45, 2.75) is 43.0 Å². The molecule has 0 spiro atoms. The van der Waals surface area contributed by atoms with Gasteiger partial charge in [-0.25, -0.2) is 0 Å². The SMILES string of the molecule is CN(C(=O)c1ccccc1SCC(N)=O)C1CCCCC1. The smallest absolute Gasteiger partial charge is 0.254 e. The van der Waals surface area contributed by atoms with Gasteiger partial charge < -0.3 is 10.6 Å². The number of hydrogen-bond acceptors (Lipinski definition) is 3. The number of thioether (sulfide) groups is 1. The van der Waals surface area contributed by atoms with Gasteiger partial charge in [-0.2, -0.15) is 0 Å². The van der Waals surface area contributed by atoms with Gasteiger partial charge in [0.1, 0.15) is 0 Å². The Kier molecular flexibility index (Phi) is 5.67. The molecule has 0 bridgehead atoms. The van der Waals surface area contributed by atoms with Crippen molar-refractivity contribution >= 4 is 23.6 Å². The van der Waals surface area contributed by atoms with E-state index >= 15 is 0 Å². The fraction of sp³-hybridized carbons (Fsp3) is 0.500. The summed E-state index contributed by atoms with van der Waals surface area (Å²) in [6.07, 6.45) is 5.82. The van der Waals surface area contributed by atoms with E-state index in [-0.39, 0.29) is 17.6 Å². The van der Waals surface area contributed by atoms with E-state index < -0.39 is 0 Å². The van der Waals surface area contributed by atoms with E-state index in [9.17, 15) is 9.59 Å². The maximum atomic E-state index is 12.7. The molecule has 2 amide bonds. The molecule has 1 aliphatic rings. The molecule has 0 heterocycles. The quantitative estimate of drug-likeness (QED) is 0.851. The van der Waals surface area contributed by atoms with Crippen molar-refractivity contribution in [3.63, 3.8) is 0 Å². The molecule has 0 saturated heterocycles. The topological polar surface area (TPSA) is 63.4 Å². The minimum absolute atomic E-state index is 0.0365. The summed E-state index contributed by atoms with van der Waals surface area (Å²) in [5, 5.41) is 0. The molecule has 1 aliphatic carbocycles. The molecule has 1 aromatic carbocycles. The Hall–Kier alpha value is -1.49. The Labute approximate surface area is 130 Å². The molecule has 0 aromatic heterocycles. The fourth-order valence-corrected chi connectivity index (χ4v) is 3.53. The molecule has 0 unspecified atom stereocenters. The van der Waals surface area contributed by atoms with Crippen LogP contribution >= 0.6 is 11.8 Å². The summed E-state index contributed by atoms with van der Waals surface area (Å²) in [5.74, 6) is -0.144. The highest BCUT2D eigenvalue weighted by molar-refractivity contribution is 8.00. The standard InChI is InChI=1S/C16H22N2O2S/c1-18(12-7-3-2-4-8-12)16(20)13-9-5-6-10-14(13)21-11-15(17)19/h5-6,9-10,12H,2-4,7-8,11H2,1H3,(H2,17,19). The van der Waals surface area contributed by atoms with Crippen LogP contribution in [0.25, 0.3) is 0 Å². The molecule has 21 heavy (non-hydrogen) atoms. The van der Waals surface area contributed by atoms with Crippen LogP contribution in [0.2, 0.25) is 0 Å². The van der Waals surface area contributed by atoms with Crippen LogP contribution in [-0.4, -0.2) is 35.6 Å². The number of amides is 2. The minimum atomic E-state index is -0.372. The van der Waals surface area contributed by atoms with E-state index in [0.29, 0.717) is 11.6 Å². The maximum absolute atomic E-state index is 12.7. The number of benzene rings is 1. The van der Waals surface area contributed by atoms with Gasteiger partial charge in [0.15, 0.2) is 0 Å². The molecule has 4 nitrogen and oxygen atoms in total. The van der Waals surface area contributed by atoms with Gasteiger partial charge in [0.2, 0.25) is 5.91 Å². The zero-order valence-corrected chi connectivity index (χ0v) is 13.2. The maximum Gasteiger partial charge on any atom is 0.254 e. The van der Waals surface area contributed by atoms with E-state index in [1.807, 2.05) is 36.2 Å². The van der Waals surface area contributed by atoms with Crippen LogP contribution in [0, 0.1) is 0 Å². The number of nitrogens with two attached hydrogens (primary N) is 1. The van der Waals surface area contributed by atoms with Crippen LogP contribution in [0.1, 0.15) is 42.5 Å². The van der Waals surface area contributed by atoms with E-state index in [1.165, 1.54) is 31.0 Å². The van der Waals surface area contributed by atoms with Crippen LogP contribution in [0.15, 0.2) is 29.2 Å². The van der Waals surface area contributed by atoms with E-state index in [0.717, 1.165) is 17.7 Å². The summed E-state index contributed by atoms with van der Waals surface area (Å²) in [4.78, 5) is 26.3. The first-order valence-corrected chi connectivity index (χ1v) is 8.35. The molecule has 2 rings (SSSR count). The Balaban J connectivity index is 2.12. The average Bonchev–Trinajstić information content (AvgIpc) is 2.52. The van der Waals surface area contributed by atoms with Crippen molar-refractivity contribution < 1.29 is 9.59 Å². The molecular formula is C16H22N2O2S. The predicted octanol–water partition coefficient (Wildman–Crippen LogP) is 2.67. The van der Waals surface area contributed by atoms with Crippen molar-refractivity contribution in [2.24, 2.45) is 5.73 Å². The highest BCUT2D eigenvalue weighted by Crippen LogP contribution is 2.27. The zero-order chi connectivity index (χ0) is 15.2. The lowest BCUT2D eigenvalue weighted by Crippen LogP contribution is -2.38. The lowest BCUT2D eigenvalue weighted by atomic mass is 9.94. The molecular weight excluding hydrogens is 284 g/mol. The van der Waals surface area contributed by atoms with Gasteiger partial charge in [-0.05, 0) is 25.0 Å². The van der Waals surface area contributed by atoms with Gasteiger partial charge in [0, 0.05) is 18.0 Å². The van der Waals surface area contributed by atoms with Gasteiger partial charge >= 0.3 is 0 Å².